The van der Waals surface area contributed by atoms with Crippen LogP contribution in [0.15, 0.2) is 42.7 Å². The lowest BCUT2D eigenvalue weighted by atomic mass is 10.3. The van der Waals surface area contributed by atoms with E-state index < -0.39 is 0 Å². The molecule has 0 aliphatic carbocycles. The molecule has 0 spiro atoms. The monoisotopic (exact) mass is 314 g/mol. The number of nitrogens with one attached hydrogen (secondary N) is 1. The molecule has 1 aliphatic rings. The standard InChI is InChI=1S/C16H18N4O3/c21-16(11-23-13-4-2-1-3-5-13)19-14-10-15(18-12-17-14)20-6-8-22-9-7-20/h1-5,10,12H,6-9,11H2,(H,17,18,19,21). The molecule has 1 aromatic carbocycles. The molecule has 2 aromatic rings. The van der Waals surface area contributed by atoms with Gasteiger partial charge in [-0.15, -0.1) is 0 Å². The van der Waals surface area contributed by atoms with Crippen molar-refractivity contribution in [2.24, 2.45) is 0 Å². The van der Waals surface area contributed by atoms with Crippen molar-refractivity contribution in [1.82, 2.24) is 9.97 Å². The van der Waals surface area contributed by atoms with Crippen molar-refractivity contribution in [1.29, 1.82) is 0 Å². The second kappa shape index (κ2) is 7.55. The lowest BCUT2D eigenvalue weighted by Gasteiger charge is -2.27. The maximum atomic E-state index is 11.9. The Hall–Kier alpha value is -2.67. The number of aromatic nitrogens is 2. The highest BCUT2D eigenvalue weighted by molar-refractivity contribution is 5.91. The maximum absolute atomic E-state index is 11.9. The van der Waals surface area contributed by atoms with E-state index >= 15 is 0 Å². The predicted octanol–water partition coefficient (Wildman–Crippen LogP) is 1.33. The zero-order valence-electron chi connectivity index (χ0n) is 12.6. The highest BCUT2D eigenvalue weighted by Gasteiger charge is 2.13. The molecule has 7 nitrogen and oxygen atoms in total. The quantitative estimate of drug-likeness (QED) is 0.897. The Kier molecular flexibility index (Phi) is 5.00. The molecule has 2 heterocycles. The molecule has 7 heteroatoms. The van der Waals surface area contributed by atoms with Crippen molar-refractivity contribution in [3.63, 3.8) is 0 Å². The molecular formula is C16H18N4O3. The Labute approximate surface area is 134 Å². The number of hydrogen-bond acceptors (Lipinski definition) is 6. The summed E-state index contributed by atoms with van der Waals surface area (Å²) in [6, 6.07) is 11.0. The topological polar surface area (TPSA) is 76.6 Å². The highest BCUT2D eigenvalue weighted by Crippen LogP contribution is 2.15. The molecule has 1 fully saturated rings. The van der Waals surface area contributed by atoms with Gasteiger partial charge >= 0.3 is 0 Å². The predicted molar refractivity (Wildman–Crippen MR) is 85.6 cm³/mol. The number of morpholine rings is 1. The summed E-state index contributed by atoms with van der Waals surface area (Å²) in [5, 5.41) is 2.72. The molecule has 0 unspecified atom stereocenters. The summed E-state index contributed by atoms with van der Waals surface area (Å²) in [4.78, 5) is 22.4. The van der Waals surface area contributed by atoms with Crippen molar-refractivity contribution in [2.75, 3.05) is 43.1 Å². The summed E-state index contributed by atoms with van der Waals surface area (Å²) in [6.45, 7) is 2.84. The van der Waals surface area contributed by atoms with Gasteiger partial charge in [0.1, 0.15) is 23.7 Å². The average Bonchev–Trinajstić information content (AvgIpc) is 2.62. The van der Waals surface area contributed by atoms with Crippen molar-refractivity contribution >= 4 is 17.5 Å². The fraction of sp³-hybridized carbons (Fsp3) is 0.312. The first kappa shape index (κ1) is 15.2. The Morgan fingerprint density at radius 3 is 2.78 bits per heavy atom. The molecule has 0 saturated carbocycles. The summed E-state index contributed by atoms with van der Waals surface area (Å²) in [7, 11) is 0. The highest BCUT2D eigenvalue weighted by atomic mass is 16.5. The van der Waals surface area contributed by atoms with E-state index in [2.05, 4.69) is 20.2 Å². The average molecular weight is 314 g/mol. The third-order valence-corrected chi connectivity index (χ3v) is 3.37. The molecule has 1 N–H and O–H groups in total. The van der Waals surface area contributed by atoms with Crippen LogP contribution in [0.4, 0.5) is 11.6 Å². The fourth-order valence-electron chi connectivity index (χ4n) is 2.23. The van der Waals surface area contributed by atoms with Gasteiger partial charge in [0, 0.05) is 19.2 Å². The number of benzene rings is 1. The lowest BCUT2D eigenvalue weighted by molar-refractivity contribution is -0.118. The summed E-state index contributed by atoms with van der Waals surface area (Å²) in [5.41, 5.74) is 0. The SMILES string of the molecule is O=C(COc1ccccc1)Nc1cc(N2CCOCC2)ncn1. The Morgan fingerprint density at radius 2 is 2.00 bits per heavy atom. The largest absolute Gasteiger partial charge is 0.484 e. The van der Waals surface area contributed by atoms with Crippen molar-refractivity contribution in [3.05, 3.63) is 42.7 Å². The number of carbonyl (C=O) groups is 1. The van der Waals surface area contributed by atoms with E-state index in [1.54, 1.807) is 18.2 Å². The van der Waals surface area contributed by atoms with E-state index in [1.165, 1.54) is 6.33 Å². The normalized spacial score (nSPS) is 14.3. The number of amides is 1. The third-order valence-electron chi connectivity index (χ3n) is 3.37. The summed E-state index contributed by atoms with van der Waals surface area (Å²) >= 11 is 0. The number of anilines is 2. The second-order valence-corrected chi connectivity index (χ2v) is 5.01. The van der Waals surface area contributed by atoms with E-state index in [9.17, 15) is 4.79 Å². The van der Waals surface area contributed by atoms with Gasteiger partial charge in [-0.1, -0.05) is 18.2 Å². The molecule has 0 radical (unpaired) electrons. The van der Waals surface area contributed by atoms with Crippen molar-refractivity contribution < 1.29 is 14.3 Å². The zero-order valence-corrected chi connectivity index (χ0v) is 12.6. The zero-order chi connectivity index (χ0) is 15.9. The molecule has 120 valence electrons. The maximum Gasteiger partial charge on any atom is 0.263 e. The van der Waals surface area contributed by atoms with Gasteiger partial charge in [0.15, 0.2) is 6.61 Å². The van der Waals surface area contributed by atoms with Gasteiger partial charge in [-0.2, -0.15) is 0 Å². The van der Waals surface area contributed by atoms with Crippen LogP contribution in [-0.2, 0) is 9.53 Å². The number of nitrogens with zero attached hydrogens (tertiary/aromatic N) is 3. The molecular weight excluding hydrogens is 296 g/mol. The minimum absolute atomic E-state index is 0.0685. The smallest absolute Gasteiger partial charge is 0.263 e. The van der Waals surface area contributed by atoms with Crippen LogP contribution in [-0.4, -0.2) is 48.8 Å². The summed E-state index contributed by atoms with van der Waals surface area (Å²) in [5.74, 6) is 1.63. The number of para-hydroxylation sites is 1. The minimum Gasteiger partial charge on any atom is -0.484 e. The van der Waals surface area contributed by atoms with Crippen LogP contribution in [0, 0.1) is 0 Å². The summed E-state index contributed by atoms with van der Waals surface area (Å²) < 4.78 is 10.7. The Bertz CT molecular complexity index is 645. The molecule has 1 aliphatic heterocycles. The number of ether oxygens (including phenoxy) is 2. The van der Waals surface area contributed by atoms with Crippen LogP contribution in [0.3, 0.4) is 0 Å². The van der Waals surface area contributed by atoms with Crippen LogP contribution >= 0.6 is 0 Å². The van der Waals surface area contributed by atoms with Gasteiger partial charge in [0.05, 0.1) is 13.2 Å². The second-order valence-electron chi connectivity index (χ2n) is 5.01. The summed E-state index contributed by atoms with van der Waals surface area (Å²) in [6.07, 6.45) is 1.44. The molecule has 1 saturated heterocycles. The Morgan fingerprint density at radius 1 is 1.22 bits per heavy atom. The van der Waals surface area contributed by atoms with Gasteiger partial charge in [-0.05, 0) is 12.1 Å². The van der Waals surface area contributed by atoms with Crippen LogP contribution in [0.25, 0.3) is 0 Å². The lowest BCUT2D eigenvalue weighted by Crippen LogP contribution is -2.36. The molecule has 0 bridgehead atoms. The van der Waals surface area contributed by atoms with Crippen LogP contribution in [0.1, 0.15) is 0 Å². The molecule has 23 heavy (non-hydrogen) atoms. The van der Waals surface area contributed by atoms with Crippen LogP contribution < -0.4 is 15.0 Å². The minimum atomic E-state index is -0.263. The van der Waals surface area contributed by atoms with Crippen molar-refractivity contribution in [2.45, 2.75) is 0 Å². The first-order valence-corrected chi connectivity index (χ1v) is 7.44. The van der Waals surface area contributed by atoms with Crippen molar-refractivity contribution in [3.8, 4) is 5.75 Å². The van der Waals surface area contributed by atoms with E-state index in [1.807, 2.05) is 18.2 Å². The third kappa shape index (κ3) is 4.40. The van der Waals surface area contributed by atoms with E-state index in [-0.39, 0.29) is 12.5 Å². The molecule has 1 aromatic heterocycles. The van der Waals surface area contributed by atoms with E-state index in [0.29, 0.717) is 24.8 Å². The van der Waals surface area contributed by atoms with Gasteiger partial charge in [0.2, 0.25) is 0 Å². The van der Waals surface area contributed by atoms with E-state index in [0.717, 1.165) is 18.9 Å². The van der Waals surface area contributed by atoms with Crippen LogP contribution in [0.5, 0.6) is 5.75 Å². The van der Waals surface area contributed by atoms with Crippen LogP contribution in [0.2, 0.25) is 0 Å². The van der Waals surface area contributed by atoms with Gasteiger partial charge in [0.25, 0.3) is 5.91 Å². The molecule has 3 rings (SSSR count). The fourth-order valence-corrected chi connectivity index (χ4v) is 2.23. The first-order chi connectivity index (χ1) is 11.3. The number of rotatable bonds is 5. The number of carbonyl (C=O) groups excluding carboxylic acids is 1. The molecule has 0 atom stereocenters. The first-order valence-electron chi connectivity index (χ1n) is 7.44. The van der Waals surface area contributed by atoms with Gasteiger partial charge < -0.3 is 19.7 Å². The molecule has 1 amide bonds. The van der Waals surface area contributed by atoms with E-state index in [4.69, 9.17) is 9.47 Å². The van der Waals surface area contributed by atoms with Gasteiger partial charge in [-0.25, -0.2) is 9.97 Å². The van der Waals surface area contributed by atoms with Gasteiger partial charge in [-0.3, -0.25) is 4.79 Å². The Balaban J connectivity index is 1.55. The number of hydrogen-bond donors (Lipinski definition) is 1.